The predicted molar refractivity (Wildman–Crippen MR) is 71.0 cm³/mol. The fraction of sp³-hybridized carbons (Fsp3) is 0.133. The molecule has 0 saturated carbocycles. The first-order valence-electron chi connectivity index (χ1n) is 5.93. The highest BCUT2D eigenvalue weighted by Crippen LogP contribution is 2.25. The first kappa shape index (κ1) is 13.6. The van der Waals surface area contributed by atoms with Gasteiger partial charge in [0.15, 0.2) is 5.75 Å². The second-order valence-corrected chi connectivity index (χ2v) is 4.01. The maximum atomic E-state index is 11.0. The monoisotopic (exact) mass is 268 g/mol. The van der Waals surface area contributed by atoms with Gasteiger partial charge in [-0.1, -0.05) is 6.07 Å². The van der Waals surface area contributed by atoms with E-state index < -0.39 is 5.97 Å². The van der Waals surface area contributed by atoms with Gasteiger partial charge in [0.2, 0.25) is 0 Å². The SMILES string of the molecule is CC(=O)Oc1cc(OCc2cccnc2)ccc1C#N. The fourth-order valence-corrected chi connectivity index (χ4v) is 1.57. The van der Waals surface area contributed by atoms with Gasteiger partial charge in [0, 0.05) is 30.9 Å². The number of carbonyl (C=O) groups excluding carboxylic acids is 1. The largest absolute Gasteiger partial charge is 0.489 e. The first-order chi connectivity index (χ1) is 9.69. The van der Waals surface area contributed by atoms with Crippen molar-refractivity contribution < 1.29 is 14.3 Å². The second kappa shape index (κ2) is 6.34. The lowest BCUT2D eigenvalue weighted by atomic mass is 10.2. The Morgan fingerprint density at radius 1 is 1.40 bits per heavy atom. The Balaban J connectivity index is 2.13. The van der Waals surface area contributed by atoms with Crippen molar-refractivity contribution in [3.05, 3.63) is 53.9 Å². The van der Waals surface area contributed by atoms with E-state index in [2.05, 4.69) is 4.98 Å². The van der Waals surface area contributed by atoms with Crippen LogP contribution >= 0.6 is 0 Å². The standard InChI is InChI=1S/C15H12N2O3/c1-11(18)20-15-7-14(5-4-13(15)8-16)19-10-12-3-2-6-17-9-12/h2-7,9H,10H2,1H3. The summed E-state index contributed by atoms with van der Waals surface area (Å²) in [5.41, 5.74) is 1.21. The summed E-state index contributed by atoms with van der Waals surface area (Å²) in [6.45, 7) is 1.63. The zero-order valence-corrected chi connectivity index (χ0v) is 10.9. The van der Waals surface area contributed by atoms with Crippen molar-refractivity contribution in [2.75, 3.05) is 0 Å². The molecule has 1 aromatic carbocycles. The topological polar surface area (TPSA) is 72.2 Å². The number of nitriles is 1. The molecule has 0 aliphatic heterocycles. The molecule has 1 aromatic heterocycles. The lowest BCUT2D eigenvalue weighted by Crippen LogP contribution is -2.03. The van der Waals surface area contributed by atoms with E-state index in [1.807, 2.05) is 18.2 Å². The molecule has 0 N–H and O–H groups in total. The zero-order valence-electron chi connectivity index (χ0n) is 10.9. The van der Waals surface area contributed by atoms with Crippen LogP contribution in [0.3, 0.4) is 0 Å². The van der Waals surface area contributed by atoms with Crippen molar-refractivity contribution in [1.82, 2.24) is 4.98 Å². The van der Waals surface area contributed by atoms with Crippen LogP contribution in [-0.2, 0) is 11.4 Å². The van der Waals surface area contributed by atoms with Crippen molar-refractivity contribution in [3.8, 4) is 17.6 Å². The molecule has 20 heavy (non-hydrogen) atoms. The maximum Gasteiger partial charge on any atom is 0.308 e. The molecule has 0 atom stereocenters. The molecule has 2 aromatic rings. The van der Waals surface area contributed by atoms with Gasteiger partial charge in [-0.2, -0.15) is 5.26 Å². The van der Waals surface area contributed by atoms with Gasteiger partial charge in [-0.05, 0) is 18.2 Å². The Morgan fingerprint density at radius 2 is 2.25 bits per heavy atom. The molecule has 0 amide bonds. The number of ether oxygens (including phenoxy) is 2. The molecule has 0 aliphatic rings. The van der Waals surface area contributed by atoms with Crippen LogP contribution < -0.4 is 9.47 Å². The summed E-state index contributed by atoms with van der Waals surface area (Å²) in [7, 11) is 0. The van der Waals surface area contributed by atoms with Crippen molar-refractivity contribution >= 4 is 5.97 Å². The number of aromatic nitrogens is 1. The minimum Gasteiger partial charge on any atom is -0.489 e. The summed E-state index contributed by atoms with van der Waals surface area (Å²) >= 11 is 0. The van der Waals surface area contributed by atoms with Crippen LogP contribution in [0, 0.1) is 11.3 Å². The minimum absolute atomic E-state index is 0.198. The number of rotatable bonds is 4. The van der Waals surface area contributed by atoms with E-state index >= 15 is 0 Å². The van der Waals surface area contributed by atoms with Crippen LogP contribution in [0.15, 0.2) is 42.7 Å². The fourth-order valence-electron chi connectivity index (χ4n) is 1.57. The lowest BCUT2D eigenvalue weighted by molar-refractivity contribution is -0.131. The van der Waals surface area contributed by atoms with Gasteiger partial charge >= 0.3 is 5.97 Å². The number of esters is 1. The quantitative estimate of drug-likeness (QED) is 0.629. The third-order valence-corrected chi connectivity index (χ3v) is 2.46. The molecule has 0 bridgehead atoms. The van der Waals surface area contributed by atoms with E-state index in [1.165, 1.54) is 13.0 Å². The second-order valence-electron chi connectivity index (χ2n) is 4.01. The highest BCUT2D eigenvalue weighted by Gasteiger charge is 2.08. The van der Waals surface area contributed by atoms with E-state index in [-0.39, 0.29) is 11.3 Å². The highest BCUT2D eigenvalue weighted by molar-refractivity contribution is 5.70. The molecule has 5 nitrogen and oxygen atoms in total. The number of hydrogen-bond donors (Lipinski definition) is 0. The molecule has 0 fully saturated rings. The van der Waals surface area contributed by atoms with Crippen molar-refractivity contribution in [2.24, 2.45) is 0 Å². The predicted octanol–water partition coefficient (Wildman–Crippen LogP) is 2.46. The Hall–Kier alpha value is -2.87. The number of carbonyl (C=O) groups is 1. The van der Waals surface area contributed by atoms with Crippen molar-refractivity contribution in [3.63, 3.8) is 0 Å². The molecule has 100 valence electrons. The number of hydrogen-bond acceptors (Lipinski definition) is 5. The van der Waals surface area contributed by atoms with Gasteiger partial charge in [0.25, 0.3) is 0 Å². The minimum atomic E-state index is -0.481. The van der Waals surface area contributed by atoms with Crippen LogP contribution in [0.2, 0.25) is 0 Å². The molecule has 0 aliphatic carbocycles. The van der Waals surface area contributed by atoms with E-state index in [1.54, 1.807) is 24.5 Å². The Morgan fingerprint density at radius 3 is 2.90 bits per heavy atom. The molecule has 1 heterocycles. The molecule has 0 radical (unpaired) electrons. The normalized spacial score (nSPS) is 9.60. The van der Waals surface area contributed by atoms with Gasteiger partial charge in [0.1, 0.15) is 18.4 Å². The summed E-state index contributed by atoms with van der Waals surface area (Å²) in [5.74, 6) is 0.235. The Bertz CT molecular complexity index is 648. The van der Waals surface area contributed by atoms with Gasteiger partial charge in [-0.3, -0.25) is 9.78 Å². The van der Waals surface area contributed by atoms with Gasteiger partial charge < -0.3 is 9.47 Å². The summed E-state index contributed by atoms with van der Waals surface area (Å²) in [4.78, 5) is 15.0. The van der Waals surface area contributed by atoms with E-state index in [9.17, 15) is 4.79 Å². The lowest BCUT2D eigenvalue weighted by Gasteiger charge is -2.09. The summed E-state index contributed by atoms with van der Waals surface area (Å²) < 4.78 is 10.5. The van der Waals surface area contributed by atoms with Crippen molar-refractivity contribution in [1.29, 1.82) is 5.26 Å². The van der Waals surface area contributed by atoms with Crippen LogP contribution in [0.1, 0.15) is 18.1 Å². The molecule has 0 unspecified atom stereocenters. The Labute approximate surface area is 116 Å². The van der Waals surface area contributed by atoms with Crippen LogP contribution in [0.4, 0.5) is 0 Å². The summed E-state index contributed by atoms with van der Waals surface area (Å²) in [6.07, 6.45) is 3.39. The maximum absolute atomic E-state index is 11.0. The molecule has 2 rings (SSSR count). The van der Waals surface area contributed by atoms with Gasteiger partial charge in [0.05, 0.1) is 5.56 Å². The molecule has 5 heteroatoms. The van der Waals surface area contributed by atoms with E-state index in [0.29, 0.717) is 12.4 Å². The number of pyridine rings is 1. The summed E-state index contributed by atoms with van der Waals surface area (Å²) in [6, 6.07) is 10.4. The van der Waals surface area contributed by atoms with E-state index in [0.717, 1.165) is 5.56 Å². The first-order valence-corrected chi connectivity index (χ1v) is 5.93. The highest BCUT2D eigenvalue weighted by atomic mass is 16.5. The van der Waals surface area contributed by atoms with Gasteiger partial charge in [-0.25, -0.2) is 0 Å². The molecule has 0 saturated heterocycles. The molecule has 0 spiro atoms. The van der Waals surface area contributed by atoms with Crippen LogP contribution in [0.25, 0.3) is 0 Å². The third-order valence-electron chi connectivity index (χ3n) is 2.46. The number of benzene rings is 1. The average Bonchev–Trinajstić information content (AvgIpc) is 2.46. The molecular weight excluding hydrogens is 256 g/mol. The van der Waals surface area contributed by atoms with E-state index in [4.69, 9.17) is 14.7 Å². The van der Waals surface area contributed by atoms with Gasteiger partial charge in [-0.15, -0.1) is 0 Å². The Kier molecular flexibility index (Phi) is 4.30. The summed E-state index contributed by atoms with van der Waals surface area (Å²) in [5, 5.41) is 8.94. The van der Waals surface area contributed by atoms with Crippen LogP contribution in [-0.4, -0.2) is 11.0 Å². The smallest absolute Gasteiger partial charge is 0.308 e. The third kappa shape index (κ3) is 3.56. The average molecular weight is 268 g/mol. The zero-order chi connectivity index (χ0) is 14.4. The number of nitrogens with zero attached hydrogens (tertiary/aromatic N) is 2. The molecular formula is C15H12N2O3. The van der Waals surface area contributed by atoms with Crippen molar-refractivity contribution in [2.45, 2.75) is 13.5 Å². The van der Waals surface area contributed by atoms with Crippen LogP contribution in [0.5, 0.6) is 11.5 Å².